The molecule has 0 spiro atoms. The van der Waals surface area contributed by atoms with E-state index in [9.17, 15) is 0 Å². The van der Waals surface area contributed by atoms with Crippen LogP contribution in [-0.4, -0.2) is 25.5 Å². The van der Waals surface area contributed by atoms with Crippen LogP contribution < -0.4 is 10.1 Å². The van der Waals surface area contributed by atoms with Crippen LogP contribution in [0.2, 0.25) is 0 Å². The van der Waals surface area contributed by atoms with Gasteiger partial charge in [0, 0.05) is 18.7 Å². The van der Waals surface area contributed by atoms with Crippen molar-refractivity contribution in [2.45, 2.75) is 20.3 Å². The van der Waals surface area contributed by atoms with Crippen LogP contribution in [0.15, 0.2) is 29.3 Å². The summed E-state index contributed by atoms with van der Waals surface area (Å²) in [6, 6.07) is 8.15. The van der Waals surface area contributed by atoms with Crippen molar-refractivity contribution in [1.29, 1.82) is 0 Å². The highest BCUT2D eigenvalue weighted by Crippen LogP contribution is 2.14. The van der Waals surface area contributed by atoms with E-state index in [0.29, 0.717) is 5.92 Å². The molecular formula is C14H20N2O. The number of ether oxygens (including phenoxy) is 1. The molecule has 2 rings (SSSR count). The molecule has 1 aliphatic heterocycles. The number of benzene rings is 1. The largest absolute Gasteiger partial charge is 0.493 e. The van der Waals surface area contributed by atoms with Gasteiger partial charge in [-0.15, -0.1) is 0 Å². The number of amidine groups is 1. The van der Waals surface area contributed by atoms with Gasteiger partial charge >= 0.3 is 0 Å². The summed E-state index contributed by atoms with van der Waals surface area (Å²) in [6.07, 6.45) is 1.12. The van der Waals surface area contributed by atoms with Crippen molar-refractivity contribution >= 4 is 5.84 Å². The maximum atomic E-state index is 5.65. The normalized spacial score (nSPS) is 15.4. The van der Waals surface area contributed by atoms with E-state index in [0.717, 1.165) is 43.3 Å². The first-order valence-corrected chi connectivity index (χ1v) is 6.27. The Bertz CT molecular complexity index is 382. The third-order valence-electron chi connectivity index (χ3n) is 2.61. The summed E-state index contributed by atoms with van der Waals surface area (Å²) in [6.45, 7) is 7.00. The van der Waals surface area contributed by atoms with E-state index >= 15 is 0 Å². The van der Waals surface area contributed by atoms with Crippen molar-refractivity contribution in [2.75, 3.05) is 19.7 Å². The second-order valence-corrected chi connectivity index (χ2v) is 4.74. The topological polar surface area (TPSA) is 33.6 Å². The van der Waals surface area contributed by atoms with E-state index in [1.165, 1.54) is 0 Å². The molecule has 3 heteroatoms. The minimum atomic E-state index is 0.555. The molecule has 1 aromatic carbocycles. The minimum Gasteiger partial charge on any atom is -0.493 e. The first-order valence-electron chi connectivity index (χ1n) is 6.27. The summed E-state index contributed by atoms with van der Waals surface area (Å²) in [5.41, 5.74) is 1.14. The third-order valence-corrected chi connectivity index (χ3v) is 2.61. The second kappa shape index (κ2) is 5.71. The SMILES string of the molecule is CC(C)COc1ccc(C2=NCCCN2)cc1. The fourth-order valence-electron chi connectivity index (χ4n) is 1.70. The van der Waals surface area contributed by atoms with E-state index in [1.807, 2.05) is 12.1 Å². The van der Waals surface area contributed by atoms with Gasteiger partial charge in [-0.3, -0.25) is 4.99 Å². The fraction of sp³-hybridized carbons (Fsp3) is 0.500. The lowest BCUT2D eigenvalue weighted by molar-refractivity contribution is 0.271. The van der Waals surface area contributed by atoms with Crippen LogP contribution in [0.5, 0.6) is 5.75 Å². The van der Waals surface area contributed by atoms with Crippen molar-refractivity contribution < 1.29 is 4.74 Å². The van der Waals surface area contributed by atoms with Crippen LogP contribution >= 0.6 is 0 Å². The predicted octanol–water partition coefficient (Wildman–Crippen LogP) is 2.46. The molecule has 1 heterocycles. The number of hydrogen-bond acceptors (Lipinski definition) is 3. The number of rotatable bonds is 4. The molecule has 17 heavy (non-hydrogen) atoms. The second-order valence-electron chi connectivity index (χ2n) is 4.74. The Balaban J connectivity index is 1.99. The lowest BCUT2D eigenvalue weighted by Crippen LogP contribution is -2.30. The molecule has 0 unspecified atom stereocenters. The van der Waals surface area contributed by atoms with Crippen molar-refractivity contribution in [3.8, 4) is 5.75 Å². The summed E-state index contributed by atoms with van der Waals surface area (Å²) in [4.78, 5) is 4.47. The van der Waals surface area contributed by atoms with Crippen molar-refractivity contribution in [3.05, 3.63) is 29.8 Å². The van der Waals surface area contributed by atoms with Crippen molar-refractivity contribution in [2.24, 2.45) is 10.9 Å². The van der Waals surface area contributed by atoms with Crippen molar-refractivity contribution in [1.82, 2.24) is 5.32 Å². The Morgan fingerprint density at radius 3 is 2.65 bits per heavy atom. The maximum absolute atomic E-state index is 5.65. The van der Waals surface area contributed by atoms with Crippen LogP contribution in [0.1, 0.15) is 25.8 Å². The quantitative estimate of drug-likeness (QED) is 0.865. The molecule has 1 N–H and O–H groups in total. The van der Waals surface area contributed by atoms with Crippen LogP contribution in [0.25, 0.3) is 0 Å². The maximum Gasteiger partial charge on any atom is 0.128 e. The summed E-state index contributed by atoms with van der Waals surface area (Å²) in [5.74, 6) is 2.49. The lowest BCUT2D eigenvalue weighted by Gasteiger charge is -2.15. The Kier molecular flexibility index (Phi) is 4.02. The molecule has 0 fully saturated rings. The Labute approximate surface area is 103 Å². The van der Waals surface area contributed by atoms with E-state index < -0.39 is 0 Å². The lowest BCUT2D eigenvalue weighted by atomic mass is 10.1. The van der Waals surface area contributed by atoms with Gasteiger partial charge < -0.3 is 10.1 Å². The molecule has 3 nitrogen and oxygen atoms in total. The zero-order valence-corrected chi connectivity index (χ0v) is 10.6. The van der Waals surface area contributed by atoms with Crippen LogP contribution in [-0.2, 0) is 0 Å². The molecule has 0 saturated heterocycles. The molecule has 92 valence electrons. The van der Waals surface area contributed by atoms with E-state index in [4.69, 9.17) is 4.74 Å². The highest BCUT2D eigenvalue weighted by molar-refractivity contribution is 5.99. The van der Waals surface area contributed by atoms with E-state index in [1.54, 1.807) is 0 Å². The summed E-state index contributed by atoms with van der Waals surface area (Å²) >= 11 is 0. The third kappa shape index (κ3) is 3.48. The average Bonchev–Trinajstić information content (AvgIpc) is 2.38. The summed E-state index contributed by atoms with van der Waals surface area (Å²) < 4.78 is 5.65. The number of nitrogens with one attached hydrogen (secondary N) is 1. The summed E-state index contributed by atoms with van der Waals surface area (Å²) in [5, 5.41) is 3.31. The first kappa shape index (κ1) is 12.0. The minimum absolute atomic E-state index is 0.555. The average molecular weight is 232 g/mol. The number of hydrogen-bond donors (Lipinski definition) is 1. The Morgan fingerprint density at radius 1 is 1.29 bits per heavy atom. The highest BCUT2D eigenvalue weighted by Gasteiger charge is 2.06. The van der Waals surface area contributed by atoms with Crippen molar-refractivity contribution in [3.63, 3.8) is 0 Å². The van der Waals surface area contributed by atoms with Gasteiger partial charge in [-0.25, -0.2) is 0 Å². The van der Waals surface area contributed by atoms with Crippen LogP contribution in [0, 0.1) is 5.92 Å². The zero-order valence-electron chi connectivity index (χ0n) is 10.6. The predicted molar refractivity (Wildman–Crippen MR) is 70.8 cm³/mol. The molecule has 0 bridgehead atoms. The molecule has 0 radical (unpaired) electrons. The smallest absolute Gasteiger partial charge is 0.128 e. The Hall–Kier alpha value is -1.51. The van der Waals surface area contributed by atoms with Gasteiger partial charge in [-0.1, -0.05) is 13.8 Å². The zero-order chi connectivity index (χ0) is 12.1. The van der Waals surface area contributed by atoms with Crippen LogP contribution in [0.4, 0.5) is 0 Å². The van der Waals surface area contributed by atoms with Crippen LogP contribution in [0.3, 0.4) is 0 Å². The number of nitrogens with zero attached hydrogens (tertiary/aromatic N) is 1. The van der Waals surface area contributed by atoms with Gasteiger partial charge in [0.25, 0.3) is 0 Å². The molecule has 0 aromatic heterocycles. The van der Waals surface area contributed by atoms with Gasteiger partial charge in [-0.05, 0) is 36.6 Å². The Morgan fingerprint density at radius 2 is 2.06 bits per heavy atom. The molecular weight excluding hydrogens is 212 g/mol. The molecule has 0 amide bonds. The fourth-order valence-corrected chi connectivity index (χ4v) is 1.70. The van der Waals surface area contributed by atoms with Gasteiger partial charge in [0.05, 0.1) is 6.61 Å². The van der Waals surface area contributed by atoms with Gasteiger partial charge in [0.2, 0.25) is 0 Å². The molecule has 0 saturated carbocycles. The monoisotopic (exact) mass is 232 g/mol. The van der Waals surface area contributed by atoms with E-state index in [2.05, 4.69) is 36.3 Å². The molecule has 0 aliphatic carbocycles. The number of aliphatic imine (C=N–C) groups is 1. The van der Waals surface area contributed by atoms with Gasteiger partial charge in [-0.2, -0.15) is 0 Å². The van der Waals surface area contributed by atoms with E-state index in [-0.39, 0.29) is 0 Å². The summed E-state index contributed by atoms with van der Waals surface area (Å²) in [7, 11) is 0. The molecule has 1 aromatic rings. The standard InChI is InChI=1S/C14H20N2O/c1-11(2)10-17-13-6-4-12(5-7-13)14-15-8-3-9-16-14/h4-7,11H,3,8-10H2,1-2H3,(H,15,16). The molecule has 1 aliphatic rings. The van der Waals surface area contributed by atoms with Gasteiger partial charge in [0.1, 0.15) is 11.6 Å². The molecule has 0 atom stereocenters. The first-order chi connectivity index (χ1) is 8.25. The van der Waals surface area contributed by atoms with Gasteiger partial charge in [0.15, 0.2) is 0 Å². The highest BCUT2D eigenvalue weighted by atomic mass is 16.5.